The number of alkyl halides is 3. The molecule has 0 aliphatic carbocycles. The minimum Gasteiger partial charge on any atom is -0.491 e. The lowest BCUT2D eigenvalue weighted by atomic mass is 9.92. The van der Waals surface area contributed by atoms with Gasteiger partial charge in [-0.2, -0.15) is 13.2 Å². The van der Waals surface area contributed by atoms with Crippen LogP contribution in [0.4, 0.5) is 13.2 Å². The van der Waals surface area contributed by atoms with E-state index in [-0.39, 0.29) is 30.1 Å². The molecule has 1 atom stereocenters. The second-order valence-electron chi connectivity index (χ2n) is 11.7. The number of benzene rings is 1. The Balaban J connectivity index is 0.000000281. The van der Waals surface area contributed by atoms with Crippen molar-refractivity contribution in [2.45, 2.75) is 65.8 Å². The molecule has 2 amide bonds. The van der Waals surface area contributed by atoms with Gasteiger partial charge in [0.05, 0.1) is 46.2 Å². The first kappa shape index (κ1) is 33.2. The van der Waals surface area contributed by atoms with Gasteiger partial charge < -0.3 is 20.3 Å². The van der Waals surface area contributed by atoms with Crippen molar-refractivity contribution in [2.75, 3.05) is 19.7 Å². The van der Waals surface area contributed by atoms with E-state index in [9.17, 15) is 22.8 Å². The van der Waals surface area contributed by atoms with Crippen LogP contribution in [0.5, 0.6) is 5.75 Å². The van der Waals surface area contributed by atoms with E-state index < -0.39 is 17.3 Å². The fraction of sp³-hybridized carbons (Fsp3) is 0.438. The third-order valence-electron chi connectivity index (χ3n) is 7.48. The number of aromatic nitrogens is 2. The first-order valence-electron chi connectivity index (χ1n) is 14.5. The van der Waals surface area contributed by atoms with Crippen LogP contribution >= 0.6 is 11.6 Å². The predicted octanol–water partition coefficient (Wildman–Crippen LogP) is 6.60. The molecule has 0 spiro atoms. The molecule has 0 unspecified atom stereocenters. The molecule has 3 aromatic rings. The van der Waals surface area contributed by atoms with Crippen molar-refractivity contribution >= 4 is 23.4 Å². The Morgan fingerprint density at radius 3 is 2.07 bits per heavy atom. The normalized spacial score (nSPS) is 15.6. The number of hydrogen-bond donors (Lipinski definition) is 1. The zero-order valence-electron chi connectivity index (χ0n) is 25.5. The summed E-state index contributed by atoms with van der Waals surface area (Å²) in [6, 6.07) is 7.10. The van der Waals surface area contributed by atoms with E-state index in [0.29, 0.717) is 65.6 Å². The maximum atomic E-state index is 13.8. The van der Waals surface area contributed by atoms with Crippen molar-refractivity contribution in [2.24, 2.45) is 11.7 Å². The first-order chi connectivity index (χ1) is 20.7. The number of pyridine rings is 2. The SMILES string of the molecule is CCN1Cc2nccc(-c3ccc(OC[C@@](C)(N)CC(C)C)c(C(F)(F)F)c3)c2C1=O.CCN1Cc2nccc(Cl)c2C1=O. The van der Waals surface area contributed by atoms with Crippen LogP contribution in [0.2, 0.25) is 5.02 Å². The number of amides is 2. The van der Waals surface area contributed by atoms with E-state index in [0.717, 1.165) is 11.8 Å². The fourth-order valence-electron chi connectivity index (χ4n) is 5.54. The van der Waals surface area contributed by atoms with Crippen LogP contribution in [0.15, 0.2) is 42.7 Å². The Morgan fingerprint density at radius 2 is 1.52 bits per heavy atom. The third kappa shape index (κ3) is 7.15. The number of nitrogens with zero attached hydrogens (tertiary/aromatic N) is 4. The molecule has 2 aliphatic heterocycles. The quantitative estimate of drug-likeness (QED) is 0.301. The van der Waals surface area contributed by atoms with Crippen molar-refractivity contribution < 1.29 is 27.5 Å². The van der Waals surface area contributed by atoms with Crippen molar-refractivity contribution in [3.05, 3.63) is 75.8 Å². The zero-order valence-corrected chi connectivity index (χ0v) is 26.2. The number of hydrogen-bond acceptors (Lipinski definition) is 6. The van der Waals surface area contributed by atoms with Gasteiger partial charge in [0, 0.05) is 31.0 Å². The van der Waals surface area contributed by atoms with Gasteiger partial charge in [-0.25, -0.2) is 0 Å². The van der Waals surface area contributed by atoms with Crippen LogP contribution in [0.1, 0.15) is 78.7 Å². The lowest BCUT2D eigenvalue weighted by molar-refractivity contribution is -0.139. The molecule has 2 aromatic heterocycles. The molecule has 0 saturated heterocycles. The third-order valence-corrected chi connectivity index (χ3v) is 7.80. The molecule has 0 radical (unpaired) electrons. The molecule has 0 saturated carbocycles. The Hall–Kier alpha value is -3.70. The van der Waals surface area contributed by atoms with Gasteiger partial charge in [-0.3, -0.25) is 19.6 Å². The molecule has 1 aromatic carbocycles. The van der Waals surface area contributed by atoms with E-state index >= 15 is 0 Å². The van der Waals surface area contributed by atoms with Gasteiger partial charge in [0.25, 0.3) is 11.8 Å². The molecule has 0 bridgehead atoms. The summed E-state index contributed by atoms with van der Waals surface area (Å²) < 4.78 is 47.1. The number of halogens is 4. The maximum Gasteiger partial charge on any atom is 0.419 e. The number of carbonyl (C=O) groups excluding carboxylic acids is 2. The highest BCUT2D eigenvalue weighted by molar-refractivity contribution is 6.34. The maximum absolute atomic E-state index is 13.8. The zero-order chi connectivity index (χ0) is 32.4. The van der Waals surface area contributed by atoms with Gasteiger partial charge in [-0.05, 0) is 68.5 Å². The van der Waals surface area contributed by atoms with Gasteiger partial charge in [0.15, 0.2) is 0 Å². The molecule has 12 heteroatoms. The number of rotatable bonds is 8. The Bertz CT molecular complexity index is 1540. The Kier molecular flexibility index (Phi) is 9.90. The lowest BCUT2D eigenvalue weighted by Gasteiger charge is -2.27. The van der Waals surface area contributed by atoms with Crippen molar-refractivity contribution in [3.63, 3.8) is 0 Å². The minimum absolute atomic E-state index is 0.00407. The number of fused-ring (bicyclic) bond motifs is 2. The Morgan fingerprint density at radius 1 is 0.955 bits per heavy atom. The average Bonchev–Trinajstić information content (AvgIpc) is 3.47. The van der Waals surface area contributed by atoms with Gasteiger partial charge in [0.2, 0.25) is 0 Å². The summed E-state index contributed by atoms with van der Waals surface area (Å²) in [5.74, 6) is -0.210. The summed E-state index contributed by atoms with van der Waals surface area (Å²) in [4.78, 5) is 36.0. The molecule has 0 fully saturated rings. The monoisotopic (exact) mass is 631 g/mol. The summed E-state index contributed by atoms with van der Waals surface area (Å²) in [5.41, 5.74) is 7.58. The standard InChI is InChI=1S/C23H28F3N3O2.C9H9ClN2O/c1-5-29-12-18-20(21(29)30)16(8-9-28-18)15-6-7-19(17(10-15)23(24,25)26)31-13-22(4,27)11-14(2)3;1-2-12-5-7-8(9(12)13)6(10)3-4-11-7/h6-10,14H,5,11-13,27H2,1-4H3;3-4H,2,5H2,1H3/t22-;/m0./s1. The van der Waals surface area contributed by atoms with Crippen LogP contribution < -0.4 is 10.5 Å². The van der Waals surface area contributed by atoms with E-state index in [1.165, 1.54) is 12.3 Å². The second kappa shape index (κ2) is 13.1. The molecule has 4 heterocycles. The molecule has 8 nitrogen and oxygen atoms in total. The van der Waals surface area contributed by atoms with Crippen LogP contribution in [0.25, 0.3) is 11.1 Å². The largest absolute Gasteiger partial charge is 0.491 e. The van der Waals surface area contributed by atoms with Crippen LogP contribution in [0, 0.1) is 5.92 Å². The van der Waals surface area contributed by atoms with Crippen LogP contribution in [-0.4, -0.2) is 56.8 Å². The highest BCUT2D eigenvalue weighted by Crippen LogP contribution is 2.41. The van der Waals surface area contributed by atoms with Gasteiger partial charge >= 0.3 is 6.18 Å². The summed E-state index contributed by atoms with van der Waals surface area (Å²) in [6.45, 7) is 11.7. The average molecular weight is 632 g/mol. The first-order valence-corrected chi connectivity index (χ1v) is 14.9. The molecule has 44 heavy (non-hydrogen) atoms. The molecule has 2 N–H and O–H groups in total. The summed E-state index contributed by atoms with van der Waals surface area (Å²) in [5, 5.41) is 0.506. The molecular weight excluding hydrogens is 595 g/mol. The van der Waals surface area contributed by atoms with E-state index in [2.05, 4.69) is 9.97 Å². The minimum atomic E-state index is -4.62. The molecular formula is C32H37ClF3N5O3. The van der Waals surface area contributed by atoms with Crippen LogP contribution in [-0.2, 0) is 19.3 Å². The van der Waals surface area contributed by atoms with Crippen molar-refractivity contribution in [1.82, 2.24) is 19.8 Å². The van der Waals surface area contributed by atoms with E-state index in [1.54, 1.807) is 41.1 Å². The van der Waals surface area contributed by atoms with Crippen molar-refractivity contribution in [3.8, 4) is 16.9 Å². The lowest BCUT2D eigenvalue weighted by Crippen LogP contribution is -2.43. The second-order valence-corrected chi connectivity index (χ2v) is 12.1. The number of nitrogens with two attached hydrogens (primary N) is 1. The van der Waals surface area contributed by atoms with Gasteiger partial charge in [-0.15, -0.1) is 0 Å². The highest BCUT2D eigenvalue weighted by atomic mass is 35.5. The van der Waals surface area contributed by atoms with Gasteiger partial charge in [-0.1, -0.05) is 31.5 Å². The highest BCUT2D eigenvalue weighted by Gasteiger charge is 2.37. The van der Waals surface area contributed by atoms with E-state index in [4.69, 9.17) is 22.1 Å². The molecule has 2 aliphatic rings. The summed E-state index contributed by atoms with van der Waals surface area (Å²) in [7, 11) is 0. The smallest absolute Gasteiger partial charge is 0.419 e. The topological polar surface area (TPSA) is 102 Å². The fourth-order valence-corrected chi connectivity index (χ4v) is 5.79. The summed E-state index contributed by atoms with van der Waals surface area (Å²) in [6.07, 6.45) is -0.854. The van der Waals surface area contributed by atoms with E-state index in [1.807, 2.05) is 27.7 Å². The van der Waals surface area contributed by atoms with Crippen LogP contribution in [0.3, 0.4) is 0 Å². The molecule has 236 valence electrons. The van der Waals surface area contributed by atoms with Crippen molar-refractivity contribution in [1.29, 1.82) is 0 Å². The number of ether oxygens (including phenoxy) is 1. The van der Waals surface area contributed by atoms with Gasteiger partial charge in [0.1, 0.15) is 12.4 Å². The Labute approximate surface area is 260 Å². The predicted molar refractivity (Wildman–Crippen MR) is 162 cm³/mol. The number of carbonyl (C=O) groups is 2. The molecule has 5 rings (SSSR count). The summed E-state index contributed by atoms with van der Waals surface area (Å²) >= 11 is 5.90.